The molecule has 4 amide bonds. The van der Waals surface area contributed by atoms with Gasteiger partial charge in [0.15, 0.2) is 0 Å². The molecule has 0 spiro atoms. The average molecular weight is 372 g/mol. The van der Waals surface area contributed by atoms with Crippen LogP contribution < -0.4 is 16.0 Å². The zero-order valence-electron chi connectivity index (χ0n) is 16.0. The second-order valence-electron chi connectivity index (χ2n) is 7.59. The van der Waals surface area contributed by atoms with Crippen LogP contribution in [0.3, 0.4) is 0 Å². The highest BCUT2D eigenvalue weighted by Gasteiger charge is 2.22. The lowest BCUT2D eigenvalue weighted by Crippen LogP contribution is -2.41. The van der Waals surface area contributed by atoms with Gasteiger partial charge >= 0.3 is 6.03 Å². The van der Waals surface area contributed by atoms with E-state index < -0.39 is 0 Å². The fourth-order valence-corrected chi connectivity index (χ4v) is 3.61. The third-order valence-electron chi connectivity index (χ3n) is 5.19. The van der Waals surface area contributed by atoms with Gasteiger partial charge in [0.2, 0.25) is 11.8 Å². The Kier molecular flexibility index (Phi) is 5.98. The van der Waals surface area contributed by atoms with Crippen LogP contribution in [-0.4, -0.2) is 42.4 Å². The Morgan fingerprint density at radius 2 is 2.04 bits per heavy atom. The molecule has 2 aliphatic rings. The number of nitrogens with one attached hydrogen (secondary N) is 3. The lowest BCUT2D eigenvalue weighted by molar-refractivity contribution is -0.128. The zero-order valence-corrected chi connectivity index (χ0v) is 16.0. The second-order valence-corrected chi connectivity index (χ2v) is 7.59. The maximum atomic E-state index is 12.2. The van der Waals surface area contributed by atoms with E-state index in [1.165, 1.54) is 0 Å². The molecule has 7 nitrogen and oxygen atoms in total. The van der Waals surface area contributed by atoms with E-state index in [2.05, 4.69) is 16.0 Å². The fraction of sp³-hybridized carbons (Fsp3) is 0.550. The number of amides is 4. The molecule has 1 fully saturated rings. The molecule has 3 N–H and O–H groups in total. The number of hydrogen-bond donors (Lipinski definition) is 3. The summed E-state index contributed by atoms with van der Waals surface area (Å²) < 4.78 is 0. The van der Waals surface area contributed by atoms with Crippen LogP contribution in [0.25, 0.3) is 0 Å². The van der Waals surface area contributed by atoms with Gasteiger partial charge in [-0.1, -0.05) is 19.1 Å². The summed E-state index contributed by atoms with van der Waals surface area (Å²) in [5.74, 6) is 0.467. The van der Waals surface area contributed by atoms with Crippen molar-refractivity contribution in [1.29, 1.82) is 0 Å². The van der Waals surface area contributed by atoms with Crippen molar-refractivity contribution in [2.24, 2.45) is 5.92 Å². The molecule has 0 unspecified atom stereocenters. The summed E-state index contributed by atoms with van der Waals surface area (Å²) in [5.41, 5.74) is 2.97. The van der Waals surface area contributed by atoms with E-state index in [0.29, 0.717) is 25.9 Å². The normalized spacial score (nSPS) is 18.5. The number of hydrogen-bond acceptors (Lipinski definition) is 3. The molecule has 2 atom stereocenters. The number of aryl methyl sites for hydroxylation is 1. The standard InChI is InChI=1S/C20H28N4O3/c1-13(12-24-9-3-4-19(24)26)11-21-20(27)22-14(2)15-5-7-17-16(10-15)6-8-18(25)23-17/h5,7,10,13-14H,3-4,6,8-9,11-12H2,1-2H3,(H,23,25)(H2,21,22,27)/t13-,14-/m1/s1. The minimum atomic E-state index is -0.215. The number of nitrogens with zero attached hydrogens (tertiary/aromatic N) is 1. The van der Waals surface area contributed by atoms with Crippen molar-refractivity contribution >= 4 is 23.5 Å². The van der Waals surface area contributed by atoms with Crippen molar-refractivity contribution in [3.63, 3.8) is 0 Å². The Balaban J connectivity index is 1.46. The van der Waals surface area contributed by atoms with Crippen LogP contribution in [0.1, 0.15) is 50.3 Å². The first-order valence-electron chi connectivity index (χ1n) is 9.67. The predicted octanol–water partition coefficient (Wildman–Crippen LogP) is 2.19. The first kappa shape index (κ1) is 19.2. The monoisotopic (exact) mass is 372 g/mol. The number of benzene rings is 1. The number of likely N-dealkylation sites (tertiary alicyclic amines) is 1. The van der Waals surface area contributed by atoms with Crippen LogP contribution >= 0.6 is 0 Å². The van der Waals surface area contributed by atoms with Crippen LogP contribution in [0.4, 0.5) is 10.5 Å². The largest absolute Gasteiger partial charge is 0.342 e. The van der Waals surface area contributed by atoms with Crippen LogP contribution in [0.2, 0.25) is 0 Å². The van der Waals surface area contributed by atoms with Crippen molar-refractivity contribution in [1.82, 2.24) is 15.5 Å². The summed E-state index contributed by atoms with van der Waals surface area (Å²) in [6.45, 7) is 6.01. The Bertz CT molecular complexity index is 734. The molecule has 27 heavy (non-hydrogen) atoms. The van der Waals surface area contributed by atoms with Gasteiger partial charge in [0, 0.05) is 38.2 Å². The minimum absolute atomic E-state index is 0.0468. The quantitative estimate of drug-likeness (QED) is 0.715. The number of anilines is 1. The summed E-state index contributed by atoms with van der Waals surface area (Å²) in [4.78, 5) is 37.2. The molecule has 0 saturated carbocycles. The molecule has 3 rings (SSSR count). The number of fused-ring (bicyclic) bond motifs is 1. The highest BCUT2D eigenvalue weighted by Crippen LogP contribution is 2.26. The van der Waals surface area contributed by atoms with E-state index in [-0.39, 0.29) is 29.8 Å². The molecule has 7 heteroatoms. The third-order valence-corrected chi connectivity index (χ3v) is 5.19. The zero-order chi connectivity index (χ0) is 19.4. The van der Waals surface area contributed by atoms with Gasteiger partial charge in [0.05, 0.1) is 6.04 Å². The Hall–Kier alpha value is -2.57. The predicted molar refractivity (Wildman–Crippen MR) is 103 cm³/mol. The van der Waals surface area contributed by atoms with Gasteiger partial charge in [-0.15, -0.1) is 0 Å². The summed E-state index contributed by atoms with van der Waals surface area (Å²) >= 11 is 0. The molecule has 146 valence electrons. The second kappa shape index (κ2) is 8.41. The fourth-order valence-electron chi connectivity index (χ4n) is 3.61. The van der Waals surface area contributed by atoms with Gasteiger partial charge in [0.25, 0.3) is 0 Å². The number of carbonyl (C=O) groups is 3. The van der Waals surface area contributed by atoms with Crippen LogP contribution in [0.15, 0.2) is 18.2 Å². The Morgan fingerprint density at radius 3 is 2.78 bits per heavy atom. The van der Waals surface area contributed by atoms with E-state index >= 15 is 0 Å². The molecule has 1 aromatic rings. The number of carbonyl (C=O) groups excluding carboxylic acids is 3. The van der Waals surface area contributed by atoms with Gasteiger partial charge < -0.3 is 20.9 Å². The maximum absolute atomic E-state index is 12.2. The maximum Gasteiger partial charge on any atom is 0.315 e. The molecule has 2 aliphatic heterocycles. The van der Waals surface area contributed by atoms with E-state index in [4.69, 9.17) is 0 Å². The van der Waals surface area contributed by atoms with Crippen LogP contribution in [0, 0.1) is 5.92 Å². The van der Waals surface area contributed by atoms with E-state index in [9.17, 15) is 14.4 Å². The SMILES string of the molecule is C[C@H](CNC(=O)N[C@H](C)c1ccc2c(c1)CCC(=O)N2)CN1CCCC1=O. The first-order valence-corrected chi connectivity index (χ1v) is 9.67. The minimum Gasteiger partial charge on any atom is -0.342 e. The Morgan fingerprint density at radius 1 is 1.22 bits per heavy atom. The molecule has 0 aromatic heterocycles. The van der Waals surface area contributed by atoms with Gasteiger partial charge in [-0.25, -0.2) is 4.79 Å². The van der Waals surface area contributed by atoms with E-state index in [1.807, 2.05) is 36.9 Å². The first-order chi connectivity index (χ1) is 12.9. The summed E-state index contributed by atoms with van der Waals surface area (Å²) in [6, 6.07) is 5.52. The third kappa shape index (κ3) is 4.99. The van der Waals surface area contributed by atoms with Gasteiger partial charge in [0.1, 0.15) is 0 Å². The van der Waals surface area contributed by atoms with E-state index in [1.54, 1.807) is 0 Å². The van der Waals surface area contributed by atoms with Gasteiger partial charge in [-0.05, 0) is 42.9 Å². The van der Waals surface area contributed by atoms with Crippen molar-refractivity contribution < 1.29 is 14.4 Å². The van der Waals surface area contributed by atoms with Crippen LogP contribution in [-0.2, 0) is 16.0 Å². The van der Waals surface area contributed by atoms with Crippen molar-refractivity contribution in [2.45, 2.75) is 45.6 Å². The summed E-state index contributed by atoms with van der Waals surface area (Å²) in [7, 11) is 0. The summed E-state index contributed by atoms with van der Waals surface area (Å²) in [5, 5.41) is 8.71. The van der Waals surface area contributed by atoms with Crippen molar-refractivity contribution in [3.8, 4) is 0 Å². The molecular weight excluding hydrogens is 344 g/mol. The Labute approximate surface area is 159 Å². The van der Waals surface area contributed by atoms with E-state index in [0.717, 1.165) is 36.2 Å². The lowest BCUT2D eigenvalue weighted by Gasteiger charge is -2.22. The molecular formula is C20H28N4O3. The van der Waals surface area contributed by atoms with Crippen LogP contribution in [0.5, 0.6) is 0 Å². The van der Waals surface area contributed by atoms with Crippen molar-refractivity contribution in [2.75, 3.05) is 25.0 Å². The molecule has 2 heterocycles. The highest BCUT2D eigenvalue weighted by molar-refractivity contribution is 5.93. The average Bonchev–Trinajstić information content (AvgIpc) is 3.04. The molecule has 1 saturated heterocycles. The molecule has 0 aliphatic carbocycles. The molecule has 0 bridgehead atoms. The topological polar surface area (TPSA) is 90.5 Å². The van der Waals surface area contributed by atoms with Gasteiger partial charge in [-0.2, -0.15) is 0 Å². The number of urea groups is 1. The lowest BCUT2D eigenvalue weighted by atomic mass is 9.98. The highest BCUT2D eigenvalue weighted by atomic mass is 16.2. The molecule has 1 aromatic carbocycles. The molecule has 0 radical (unpaired) electrons. The summed E-state index contributed by atoms with van der Waals surface area (Å²) in [6.07, 6.45) is 2.79. The van der Waals surface area contributed by atoms with Gasteiger partial charge in [-0.3, -0.25) is 9.59 Å². The van der Waals surface area contributed by atoms with Crippen molar-refractivity contribution in [3.05, 3.63) is 29.3 Å². The smallest absolute Gasteiger partial charge is 0.315 e. The number of rotatable bonds is 6.